The number of hydrogen-bond donors (Lipinski definition) is 0. The molecule has 8 rings (SSSR count). The van der Waals surface area contributed by atoms with Crippen LogP contribution in [0, 0.1) is 6.92 Å². The number of furan rings is 1. The first-order chi connectivity index (χ1) is 17.7. The van der Waals surface area contributed by atoms with Gasteiger partial charge in [-0.05, 0) is 0 Å². The van der Waals surface area contributed by atoms with Gasteiger partial charge in [0.05, 0.1) is 0 Å². The van der Waals surface area contributed by atoms with Gasteiger partial charge in [0.25, 0.3) is 0 Å². The molecule has 2 aliphatic rings. The van der Waals surface area contributed by atoms with Gasteiger partial charge in [-0.25, -0.2) is 0 Å². The van der Waals surface area contributed by atoms with Crippen molar-refractivity contribution in [3.63, 3.8) is 0 Å². The normalized spacial score (nSPS) is 13.6. The minimum absolute atomic E-state index is 0.219. The Morgan fingerprint density at radius 1 is 0.778 bits per heavy atom. The van der Waals surface area contributed by atoms with Gasteiger partial charge >= 0.3 is 228 Å². The van der Waals surface area contributed by atoms with Crippen molar-refractivity contribution in [1.29, 1.82) is 0 Å². The molecule has 0 saturated carbocycles. The number of aryl methyl sites for hydroxylation is 2. The van der Waals surface area contributed by atoms with Crippen LogP contribution in [0.2, 0.25) is 0 Å². The molecular formula is C31H21BNOSeTe+. The molecule has 0 atom stereocenters. The van der Waals surface area contributed by atoms with Crippen molar-refractivity contribution >= 4 is 97.1 Å². The van der Waals surface area contributed by atoms with E-state index in [0.717, 1.165) is 11.2 Å². The summed E-state index contributed by atoms with van der Waals surface area (Å²) in [5, 5.41) is 2.45. The van der Waals surface area contributed by atoms with Gasteiger partial charge in [0.15, 0.2) is 0 Å². The van der Waals surface area contributed by atoms with Gasteiger partial charge in [-0.2, -0.15) is 0 Å². The third-order valence-corrected chi connectivity index (χ3v) is 13.5. The van der Waals surface area contributed by atoms with E-state index in [0.29, 0.717) is 6.71 Å². The fourth-order valence-corrected chi connectivity index (χ4v) is 12.4. The number of aromatic nitrogens is 1. The molecule has 4 heterocycles. The Hall–Kier alpha value is -2.80. The maximum absolute atomic E-state index is 6.93. The van der Waals surface area contributed by atoms with Crippen molar-refractivity contribution in [1.82, 2.24) is 0 Å². The molecule has 2 nitrogen and oxygen atoms in total. The Morgan fingerprint density at radius 3 is 2.50 bits per heavy atom. The Labute approximate surface area is 226 Å². The standard InChI is InChI=1S/C31H21BNOSeTe/c1-18-13-14-19-20-15-16-22-31(30(20)34-29(19)27(18)23-9-5-6-17-33(23)2)35-24-10-7-12-26-28(24)32(22)21-8-3-4-11-25(21)36-26/h3-17H,1-2H3/q+1. The van der Waals surface area contributed by atoms with E-state index in [1.807, 2.05) is 0 Å². The fraction of sp³-hybridized carbons (Fsp3) is 0.0645. The summed E-state index contributed by atoms with van der Waals surface area (Å²) in [5.41, 5.74) is 10.3. The second kappa shape index (κ2) is 7.85. The summed E-state index contributed by atoms with van der Waals surface area (Å²) in [7, 11) is 2.11. The molecule has 0 N–H and O–H groups in total. The van der Waals surface area contributed by atoms with Gasteiger partial charge in [-0.1, -0.05) is 0 Å². The number of fused-ring (bicyclic) bond motifs is 8. The Kier molecular flexibility index (Phi) is 4.65. The minimum atomic E-state index is -0.349. The van der Waals surface area contributed by atoms with Crippen LogP contribution in [0.25, 0.3) is 33.2 Å². The molecule has 2 aliphatic heterocycles. The number of rotatable bonds is 1. The molecular weight excluding hydrogens is 620 g/mol. The third kappa shape index (κ3) is 2.89. The maximum atomic E-state index is 6.93. The molecule has 5 heteroatoms. The monoisotopic (exact) mass is 644 g/mol. The van der Waals surface area contributed by atoms with Crippen LogP contribution in [0.5, 0.6) is 0 Å². The molecule has 0 fully saturated rings. The molecule has 2 aromatic heterocycles. The van der Waals surface area contributed by atoms with E-state index in [-0.39, 0.29) is 35.9 Å². The average molecular weight is 641 g/mol. The summed E-state index contributed by atoms with van der Waals surface area (Å²) in [6.45, 7) is 2.51. The second-order valence-corrected chi connectivity index (χ2v) is 14.9. The van der Waals surface area contributed by atoms with Crippen molar-refractivity contribution in [3.8, 4) is 11.3 Å². The number of nitrogens with zero attached hydrogens (tertiary/aromatic N) is 1. The van der Waals surface area contributed by atoms with Crippen LogP contribution in [0.4, 0.5) is 0 Å². The van der Waals surface area contributed by atoms with Crippen LogP contribution in [-0.2, 0) is 7.05 Å². The molecule has 0 unspecified atom stereocenters. The van der Waals surface area contributed by atoms with Crippen LogP contribution >= 0.6 is 0 Å². The molecule has 4 aromatic carbocycles. The third-order valence-electron chi connectivity index (χ3n) is 7.60. The number of hydrogen-bond acceptors (Lipinski definition) is 1. The van der Waals surface area contributed by atoms with E-state index in [2.05, 4.69) is 110 Å². The van der Waals surface area contributed by atoms with Crippen LogP contribution in [0.1, 0.15) is 5.56 Å². The van der Waals surface area contributed by atoms with Crippen LogP contribution in [0.3, 0.4) is 0 Å². The molecule has 36 heavy (non-hydrogen) atoms. The first kappa shape index (κ1) is 21.3. The average Bonchev–Trinajstić information content (AvgIpc) is 3.28. The molecule has 0 saturated heterocycles. The van der Waals surface area contributed by atoms with Gasteiger partial charge in [-0.15, -0.1) is 0 Å². The van der Waals surface area contributed by atoms with Gasteiger partial charge < -0.3 is 0 Å². The molecule has 0 radical (unpaired) electrons. The summed E-state index contributed by atoms with van der Waals surface area (Å²) in [6.07, 6.45) is 2.11. The summed E-state index contributed by atoms with van der Waals surface area (Å²) in [6, 6.07) is 31.8. The Bertz CT molecular complexity index is 1890. The van der Waals surface area contributed by atoms with E-state index in [9.17, 15) is 0 Å². The summed E-state index contributed by atoms with van der Waals surface area (Å²) < 4.78 is 15.3. The molecule has 0 amide bonds. The topological polar surface area (TPSA) is 17.0 Å². The van der Waals surface area contributed by atoms with Crippen molar-refractivity contribution in [3.05, 3.63) is 96.7 Å². The van der Waals surface area contributed by atoms with Crippen LogP contribution < -0.4 is 37.1 Å². The predicted octanol–water partition coefficient (Wildman–Crippen LogP) is 0.839. The SMILES string of the molecule is Cc1ccc2c(oc3c4c(ccc32)B2c3ccccc3[Te]c3cccc(c32)[Se]4)c1-c1cccc[n+]1C. The summed E-state index contributed by atoms with van der Waals surface area (Å²) in [5.74, 6) is 0. The first-order valence-electron chi connectivity index (χ1n) is 12.2. The predicted molar refractivity (Wildman–Crippen MR) is 153 cm³/mol. The fourth-order valence-electron chi connectivity index (χ4n) is 5.93. The van der Waals surface area contributed by atoms with Gasteiger partial charge in [-0.3, -0.25) is 0 Å². The van der Waals surface area contributed by atoms with Crippen molar-refractivity contribution in [2.45, 2.75) is 6.92 Å². The van der Waals surface area contributed by atoms with Gasteiger partial charge in [0, 0.05) is 0 Å². The van der Waals surface area contributed by atoms with E-state index in [1.165, 1.54) is 47.4 Å². The van der Waals surface area contributed by atoms with E-state index >= 15 is 0 Å². The van der Waals surface area contributed by atoms with E-state index in [1.54, 1.807) is 12.7 Å². The second-order valence-electron chi connectivity index (χ2n) is 9.64. The molecule has 0 aliphatic carbocycles. The molecule has 170 valence electrons. The van der Waals surface area contributed by atoms with Gasteiger partial charge in [0.1, 0.15) is 0 Å². The molecule has 6 aromatic rings. The summed E-state index contributed by atoms with van der Waals surface area (Å²) in [4.78, 5) is 0. The Balaban J connectivity index is 1.45. The zero-order chi connectivity index (χ0) is 24.0. The number of pyridine rings is 1. The van der Waals surface area contributed by atoms with Crippen molar-refractivity contribution < 1.29 is 8.98 Å². The molecule has 0 bridgehead atoms. The van der Waals surface area contributed by atoms with Gasteiger partial charge in [0.2, 0.25) is 0 Å². The van der Waals surface area contributed by atoms with Crippen molar-refractivity contribution in [2.75, 3.05) is 0 Å². The molecule has 0 spiro atoms. The van der Waals surface area contributed by atoms with E-state index < -0.39 is 0 Å². The summed E-state index contributed by atoms with van der Waals surface area (Å²) >= 11 is -0.131. The first-order valence-corrected chi connectivity index (χ1v) is 16.2. The zero-order valence-electron chi connectivity index (χ0n) is 19.9. The zero-order valence-corrected chi connectivity index (χ0v) is 24.0. The van der Waals surface area contributed by atoms with Crippen molar-refractivity contribution in [2.24, 2.45) is 7.05 Å². The van der Waals surface area contributed by atoms with Crippen LogP contribution in [-0.4, -0.2) is 42.6 Å². The quantitative estimate of drug-likeness (QED) is 0.192. The number of benzene rings is 4. The van der Waals surface area contributed by atoms with E-state index in [4.69, 9.17) is 4.42 Å². The Morgan fingerprint density at radius 2 is 1.58 bits per heavy atom. The van der Waals surface area contributed by atoms with Crippen LogP contribution in [0.15, 0.2) is 95.5 Å².